The molecule has 0 bridgehead atoms. The third kappa shape index (κ3) is 4.18. The maximum absolute atomic E-state index is 11.9. The van der Waals surface area contributed by atoms with Crippen LogP contribution in [-0.2, 0) is 16.6 Å². The SMILES string of the molecule is CCCNS(=O)(=O)c1ccc(CNC2CC2)c(Cl)c1. The van der Waals surface area contributed by atoms with Crippen LogP contribution in [0.4, 0.5) is 0 Å². The van der Waals surface area contributed by atoms with Gasteiger partial charge in [0.1, 0.15) is 0 Å². The van der Waals surface area contributed by atoms with Crippen LogP contribution in [0, 0.1) is 0 Å². The minimum absolute atomic E-state index is 0.223. The summed E-state index contributed by atoms with van der Waals surface area (Å²) >= 11 is 6.14. The Morgan fingerprint density at radius 3 is 2.68 bits per heavy atom. The Morgan fingerprint density at radius 1 is 1.37 bits per heavy atom. The van der Waals surface area contributed by atoms with Crippen LogP contribution in [0.2, 0.25) is 5.02 Å². The van der Waals surface area contributed by atoms with Gasteiger partial charge in [0.15, 0.2) is 0 Å². The van der Waals surface area contributed by atoms with Crippen molar-refractivity contribution in [1.29, 1.82) is 0 Å². The van der Waals surface area contributed by atoms with E-state index in [0.717, 1.165) is 12.0 Å². The van der Waals surface area contributed by atoms with Gasteiger partial charge < -0.3 is 5.32 Å². The zero-order valence-corrected chi connectivity index (χ0v) is 12.5. The first-order chi connectivity index (χ1) is 9.03. The molecule has 2 rings (SSSR count). The van der Waals surface area contributed by atoms with Crippen molar-refractivity contribution in [2.75, 3.05) is 6.54 Å². The van der Waals surface area contributed by atoms with Crippen LogP contribution in [-0.4, -0.2) is 21.0 Å². The molecule has 1 aromatic carbocycles. The molecule has 1 aromatic rings. The summed E-state index contributed by atoms with van der Waals surface area (Å²) in [7, 11) is -3.44. The normalized spacial score (nSPS) is 15.7. The minimum Gasteiger partial charge on any atom is -0.310 e. The van der Waals surface area contributed by atoms with Gasteiger partial charge in [0.2, 0.25) is 10.0 Å². The first-order valence-electron chi connectivity index (χ1n) is 6.54. The Bertz CT molecular complexity index is 542. The van der Waals surface area contributed by atoms with Gasteiger partial charge in [0, 0.05) is 24.2 Å². The van der Waals surface area contributed by atoms with Crippen molar-refractivity contribution < 1.29 is 8.42 Å². The Hall–Kier alpha value is -0.620. The minimum atomic E-state index is -3.44. The molecule has 0 unspecified atom stereocenters. The highest BCUT2D eigenvalue weighted by molar-refractivity contribution is 7.89. The lowest BCUT2D eigenvalue weighted by Crippen LogP contribution is -2.24. The number of halogens is 1. The summed E-state index contributed by atoms with van der Waals surface area (Å²) in [6.07, 6.45) is 3.19. The number of rotatable bonds is 7. The van der Waals surface area contributed by atoms with E-state index in [2.05, 4.69) is 10.0 Å². The van der Waals surface area contributed by atoms with Gasteiger partial charge in [0.25, 0.3) is 0 Å². The molecule has 0 spiro atoms. The average molecular weight is 303 g/mol. The molecule has 0 aliphatic heterocycles. The van der Waals surface area contributed by atoms with E-state index in [9.17, 15) is 8.42 Å². The maximum atomic E-state index is 11.9. The second kappa shape index (κ2) is 6.22. The molecule has 0 aromatic heterocycles. The molecule has 0 heterocycles. The third-order valence-electron chi connectivity index (χ3n) is 3.04. The molecule has 19 heavy (non-hydrogen) atoms. The Kier molecular flexibility index (Phi) is 4.84. The van der Waals surface area contributed by atoms with E-state index in [-0.39, 0.29) is 4.90 Å². The maximum Gasteiger partial charge on any atom is 0.240 e. The standard InChI is InChI=1S/C13H19ClN2O2S/c1-2-7-16-19(17,18)12-6-3-10(13(14)8-12)9-15-11-4-5-11/h3,6,8,11,15-16H,2,4-5,7,9H2,1H3. The fourth-order valence-corrected chi connectivity index (χ4v) is 3.17. The van der Waals surface area contributed by atoms with Gasteiger partial charge in [-0.15, -0.1) is 0 Å². The van der Waals surface area contributed by atoms with E-state index in [1.54, 1.807) is 12.1 Å². The second-order valence-electron chi connectivity index (χ2n) is 4.81. The summed E-state index contributed by atoms with van der Waals surface area (Å²) in [5.74, 6) is 0. The lowest BCUT2D eigenvalue weighted by molar-refractivity contribution is 0.580. The van der Waals surface area contributed by atoms with Crippen LogP contribution < -0.4 is 10.0 Å². The molecular weight excluding hydrogens is 284 g/mol. The highest BCUT2D eigenvalue weighted by atomic mass is 35.5. The topological polar surface area (TPSA) is 58.2 Å². The molecular formula is C13H19ClN2O2S. The van der Waals surface area contributed by atoms with Crippen LogP contribution in [0.5, 0.6) is 0 Å². The Labute approximate surface area is 119 Å². The largest absolute Gasteiger partial charge is 0.310 e. The highest BCUT2D eigenvalue weighted by Gasteiger charge is 2.21. The van der Waals surface area contributed by atoms with Crippen LogP contribution in [0.25, 0.3) is 0 Å². The highest BCUT2D eigenvalue weighted by Crippen LogP contribution is 2.23. The second-order valence-corrected chi connectivity index (χ2v) is 6.98. The van der Waals surface area contributed by atoms with E-state index in [4.69, 9.17) is 11.6 Å². The smallest absolute Gasteiger partial charge is 0.240 e. The lowest BCUT2D eigenvalue weighted by atomic mass is 10.2. The molecule has 4 nitrogen and oxygen atoms in total. The predicted molar refractivity (Wildman–Crippen MR) is 76.8 cm³/mol. The molecule has 2 N–H and O–H groups in total. The van der Waals surface area contributed by atoms with Crippen molar-refractivity contribution in [2.24, 2.45) is 0 Å². The monoisotopic (exact) mass is 302 g/mol. The van der Waals surface area contributed by atoms with Gasteiger partial charge in [0.05, 0.1) is 4.90 Å². The van der Waals surface area contributed by atoms with Crippen molar-refractivity contribution in [3.05, 3.63) is 28.8 Å². The molecule has 0 atom stereocenters. The molecule has 1 aliphatic rings. The zero-order chi connectivity index (χ0) is 13.9. The molecule has 0 amide bonds. The van der Waals surface area contributed by atoms with Gasteiger partial charge in [-0.2, -0.15) is 0 Å². The average Bonchev–Trinajstić information content (AvgIpc) is 3.19. The molecule has 0 radical (unpaired) electrons. The van der Waals surface area contributed by atoms with E-state index in [0.29, 0.717) is 24.2 Å². The van der Waals surface area contributed by atoms with Crippen molar-refractivity contribution in [1.82, 2.24) is 10.0 Å². The molecule has 1 fully saturated rings. The lowest BCUT2D eigenvalue weighted by Gasteiger charge is -2.09. The van der Waals surface area contributed by atoms with Crippen LogP contribution in [0.15, 0.2) is 23.1 Å². The fourth-order valence-electron chi connectivity index (χ4n) is 1.70. The van der Waals surface area contributed by atoms with Crippen molar-refractivity contribution in [2.45, 2.75) is 43.7 Å². The molecule has 1 saturated carbocycles. The van der Waals surface area contributed by atoms with E-state index in [1.165, 1.54) is 18.9 Å². The Balaban J connectivity index is 2.08. The Morgan fingerprint density at radius 2 is 2.11 bits per heavy atom. The quantitative estimate of drug-likeness (QED) is 0.812. The number of nitrogens with one attached hydrogen (secondary N) is 2. The predicted octanol–water partition coefficient (Wildman–Crippen LogP) is 2.28. The van der Waals surface area contributed by atoms with Gasteiger partial charge in [-0.1, -0.05) is 24.6 Å². The fraction of sp³-hybridized carbons (Fsp3) is 0.538. The third-order valence-corrected chi connectivity index (χ3v) is 4.85. The number of hydrogen-bond donors (Lipinski definition) is 2. The van der Waals surface area contributed by atoms with Gasteiger partial charge in [-0.05, 0) is 37.0 Å². The van der Waals surface area contributed by atoms with Gasteiger partial charge in [-0.25, -0.2) is 13.1 Å². The molecule has 106 valence electrons. The first-order valence-corrected chi connectivity index (χ1v) is 8.40. The van der Waals surface area contributed by atoms with Crippen molar-refractivity contribution in [3.8, 4) is 0 Å². The van der Waals surface area contributed by atoms with Gasteiger partial charge >= 0.3 is 0 Å². The summed E-state index contributed by atoms with van der Waals surface area (Å²) < 4.78 is 26.4. The molecule has 1 aliphatic carbocycles. The number of benzene rings is 1. The van der Waals surface area contributed by atoms with Crippen molar-refractivity contribution >= 4 is 21.6 Å². The van der Waals surface area contributed by atoms with Gasteiger partial charge in [-0.3, -0.25) is 0 Å². The molecule has 6 heteroatoms. The summed E-state index contributed by atoms with van der Waals surface area (Å²) in [6.45, 7) is 3.04. The first kappa shape index (κ1) is 14.8. The zero-order valence-electron chi connectivity index (χ0n) is 10.9. The molecule has 0 saturated heterocycles. The van der Waals surface area contributed by atoms with Crippen LogP contribution >= 0.6 is 11.6 Å². The summed E-state index contributed by atoms with van der Waals surface area (Å²) in [5.41, 5.74) is 0.933. The van der Waals surface area contributed by atoms with E-state index < -0.39 is 10.0 Å². The summed E-state index contributed by atoms with van der Waals surface area (Å²) in [6, 6.07) is 5.50. The number of hydrogen-bond acceptors (Lipinski definition) is 3. The van der Waals surface area contributed by atoms with E-state index in [1.807, 2.05) is 6.92 Å². The van der Waals surface area contributed by atoms with E-state index >= 15 is 0 Å². The summed E-state index contributed by atoms with van der Waals surface area (Å²) in [5, 5.41) is 3.85. The van der Waals surface area contributed by atoms with Crippen LogP contribution in [0.1, 0.15) is 31.7 Å². The van der Waals surface area contributed by atoms with Crippen molar-refractivity contribution in [3.63, 3.8) is 0 Å². The summed E-state index contributed by atoms with van der Waals surface area (Å²) in [4.78, 5) is 0.223. The number of sulfonamides is 1. The van der Waals surface area contributed by atoms with Crippen LogP contribution in [0.3, 0.4) is 0 Å².